The molecule has 0 N–H and O–H groups in total. The third-order valence-corrected chi connectivity index (χ3v) is 1.60. The van der Waals surface area contributed by atoms with E-state index in [1.54, 1.807) is 0 Å². The van der Waals surface area contributed by atoms with E-state index in [1.807, 2.05) is 0 Å². The van der Waals surface area contributed by atoms with Crippen molar-refractivity contribution in [3.8, 4) is 5.75 Å². The summed E-state index contributed by atoms with van der Waals surface area (Å²) in [7, 11) is 5.08. The Bertz CT molecular complexity index is 345. The number of ether oxygens (including phenoxy) is 1. The van der Waals surface area contributed by atoms with E-state index in [4.69, 9.17) is 7.85 Å². The highest BCUT2D eigenvalue weighted by molar-refractivity contribution is 6.23. The summed E-state index contributed by atoms with van der Waals surface area (Å²) in [5.74, 6) is -0.704. The number of hydrogen-bond donors (Lipinski definition) is 0. The Hall–Kier alpha value is -1.46. The molecule has 0 atom stereocenters. The van der Waals surface area contributed by atoms with Crippen LogP contribution >= 0.6 is 0 Å². The molecule has 0 saturated carbocycles. The summed E-state index contributed by atoms with van der Waals surface area (Å²) in [5.41, 5.74) is 0.257. The molecule has 0 spiro atoms. The van der Waals surface area contributed by atoms with Gasteiger partial charge in [-0.05, 0) is 30.6 Å². The summed E-state index contributed by atoms with van der Waals surface area (Å²) in [6, 6.07) is 4.60. The van der Waals surface area contributed by atoms with Crippen molar-refractivity contribution in [2.45, 2.75) is 12.7 Å². The predicted octanol–water partition coefficient (Wildman–Crippen LogP) is 2.35. The SMILES string of the molecule is [B]CC(=O)c1ccc(OC(F)(F)F)cc1. The van der Waals surface area contributed by atoms with Crippen LogP contribution in [0, 0.1) is 0 Å². The van der Waals surface area contributed by atoms with Crippen LogP contribution in [0.1, 0.15) is 10.4 Å². The van der Waals surface area contributed by atoms with Crippen molar-refractivity contribution in [2.24, 2.45) is 0 Å². The number of carbonyl (C=O) groups excluding carboxylic acids is 1. The van der Waals surface area contributed by atoms with Crippen LogP contribution < -0.4 is 4.74 Å². The number of hydrogen-bond acceptors (Lipinski definition) is 2. The van der Waals surface area contributed by atoms with Crippen LogP contribution in [-0.4, -0.2) is 20.0 Å². The highest BCUT2D eigenvalue weighted by Crippen LogP contribution is 2.22. The molecule has 1 rings (SSSR count). The topological polar surface area (TPSA) is 26.3 Å². The molecule has 1 aromatic carbocycles. The van der Waals surface area contributed by atoms with Gasteiger partial charge in [0.1, 0.15) is 5.75 Å². The first-order chi connectivity index (χ1) is 6.92. The molecule has 2 nitrogen and oxygen atoms in total. The zero-order valence-corrected chi connectivity index (χ0v) is 7.54. The van der Waals surface area contributed by atoms with Crippen molar-refractivity contribution in [2.75, 3.05) is 0 Å². The van der Waals surface area contributed by atoms with E-state index in [2.05, 4.69) is 4.74 Å². The Kier molecular flexibility index (Phi) is 3.39. The van der Waals surface area contributed by atoms with E-state index in [0.717, 1.165) is 12.1 Å². The Morgan fingerprint density at radius 1 is 1.27 bits per heavy atom. The van der Waals surface area contributed by atoms with Gasteiger partial charge in [0.25, 0.3) is 0 Å². The quantitative estimate of drug-likeness (QED) is 0.570. The van der Waals surface area contributed by atoms with Gasteiger partial charge in [-0.2, -0.15) is 0 Å². The number of halogens is 3. The number of alkyl halides is 3. The second-order valence-electron chi connectivity index (χ2n) is 2.70. The van der Waals surface area contributed by atoms with Gasteiger partial charge in [0.15, 0.2) is 5.78 Å². The summed E-state index contributed by atoms with van der Waals surface area (Å²) in [6.45, 7) is 0. The van der Waals surface area contributed by atoms with Gasteiger partial charge in [-0.15, -0.1) is 13.2 Å². The van der Waals surface area contributed by atoms with Crippen molar-refractivity contribution >= 4 is 13.6 Å². The van der Waals surface area contributed by atoms with Crippen LogP contribution in [0.2, 0.25) is 6.32 Å². The number of benzene rings is 1. The zero-order chi connectivity index (χ0) is 11.5. The summed E-state index contributed by atoms with van der Waals surface area (Å²) >= 11 is 0. The van der Waals surface area contributed by atoms with Gasteiger partial charge in [-0.1, -0.05) is 0 Å². The maximum absolute atomic E-state index is 11.8. The van der Waals surface area contributed by atoms with Gasteiger partial charge in [0.05, 0.1) is 7.85 Å². The van der Waals surface area contributed by atoms with E-state index < -0.39 is 6.36 Å². The molecule has 0 bridgehead atoms. The fourth-order valence-electron chi connectivity index (χ4n) is 0.960. The molecule has 0 unspecified atom stereocenters. The maximum Gasteiger partial charge on any atom is 0.573 e. The van der Waals surface area contributed by atoms with Crippen LogP contribution in [0.25, 0.3) is 0 Å². The lowest BCUT2D eigenvalue weighted by molar-refractivity contribution is -0.274. The minimum absolute atomic E-state index is 0.181. The lowest BCUT2D eigenvalue weighted by atomic mass is 9.96. The molecule has 0 fully saturated rings. The fourth-order valence-corrected chi connectivity index (χ4v) is 0.960. The summed E-state index contributed by atoms with van der Waals surface area (Å²) in [4.78, 5) is 11.0. The molecule has 1 aromatic rings. The number of Topliss-reactive ketones (excluding diaryl/α,β-unsaturated/α-hetero) is 1. The normalized spacial score (nSPS) is 11.1. The molecule has 2 radical (unpaired) electrons. The standard InChI is InChI=1S/C9H6BF3O2/c10-5-8(14)6-1-3-7(4-2-6)15-9(11,12)13/h1-4H,5H2. The molecule has 15 heavy (non-hydrogen) atoms. The van der Waals surface area contributed by atoms with Crippen LogP contribution in [0.4, 0.5) is 13.2 Å². The lowest BCUT2D eigenvalue weighted by Crippen LogP contribution is -2.17. The van der Waals surface area contributed by atoms with E-state index >= 15 is 0 Å². The summed E-state index contributed by atoms with van der Waals surface area (Å²) < 4.78 is 38.9. The van der Waals surface area contributed by atoms with Crippen LogP contribution in [0.15, 0.2) is 24.3 Å². The Morgan fingerprint density at radius 3 is 2.20 bits per heavy atom. The van der Waals surface area contributed by atoms with Crippen LogP contribution in [0.3, 0.4) is 0 Å². The van der Waals surface area contributed by atoms with E-state index in [1.165, 1.54) is 12.1 Å². The monoisotopic (exact) mass is 214 g/mol. The van der Waals surface area contributed by atoms with Gasteiger partial charge < -0.3 is 4.74 Å². The van der Waals surface area contributed by atoms with Gasteiger partial charge in [-0.25, -0.2) is 0 Å². The van der Waals surface area contributed by atoms with E-state index in [-0.39, 0.29) is 23.4 Å². The largest absolute Gasteiger partial charge is 0.573 e. The highest BCUT2D eigenvalue weighted by atomic mass is 19.4. The zero-order valence-electron chi connectivity index (χ0n) is 7.54. The molecule has 0 amide bonds. The van der Waals surface area contributed by atoms with Gasteiger partial charge >= 0.3 is 6.36 Å². The minimum atomic E-state index is -4.72. The highest BCUT2D eigenvalue weighted by Gasteiger charge is 2.30. The van der Waals surface area contributed by atoms with Gasteiger partial charge in [-0.3, -0.25) is 4.79 Å². The molecule has 0 aliphatic carbocycles. The first-order valence-electron chi connectivity index (χ1n) is 4.01. The molecule has 0 heterocycles. The smallest absolute Gasteiger partial charge is 0.406 e. The molecule has 0 aliphatic rings. The first kappa shape index (κ1) is 11.6. The van der Waals surface area contributed by atoms with Crippen LogP contribution in [0.5, 0.6) is 5.75 Å². The Balaban J connectivity index is 2.77. The number of rotatable bonds is 3. The lowest BCUT2D eigenvalue weighted by Gasteiger charge is -2.08. The van der Waals surface area contributed by atoms with Crippen molar-refractivity contribution in [1.29, 1.82) is 0 Å². The summed E-state index contributed by atoms with van der Waals surface area (Å²) in [6.07, 6.45) is -4.90. The third-order valence-electron chi connectivity index (χ3n) is 1.60. The number of carbonyl (C=O) groups is 1. The molecule has 0 aromatic heterocycles. The van der Waals surface area contributed by atoms with Gasteiger partial charge in [0, 0.05) is 5.56 Å². The van der Waals surface area contributed by atoms with Crippen molar-refractivity contribution in [1.82, 2.24) is 0 Å². The number of ketones is 1. The van der Waals surface area contributed by atoms with Crippen molar-refractivity contribution in [3.63, 3.8) is 0 Å². The average Bonchev–Trinajstić information content (AvgIpc) is 2.15. The summed E-state index contributed by atoms with van der Waals surface area (Å²) in [5, 5.41) is 0. The molecule has 78 valence electrons. The molecule has 6 heteroatoms. The Labute approximate surface area is 85.4 Å². The van der Waals surface area contributed by atoms with Crippen molar-refractivity contribution in [3.05, 3.63) is 29.8 Å². The average molecular weight is 214 g/mol. The van der Waals surface area contributed by atoms with E-state index in [9.17, 15) is 18.0 Å². The minimum Gasteiger partial charge on any atom is -0.406 e. The van der Waals surface area contributed by atoms with Crippen molar-refractivity contribution < 1.29 is 22.7 Å². The second kappa shape index (κ2) is 4.38. The first-order valence-corrected chi connectivity index (χ1v) is 4.01. The fraction of sp³-hybridized carbons (Fsp3) is 0.222. The van der Waals surface area contributed by atoms with Crippen LogP contribution in [-0.2, 0) is 0 Å². The van der Waals surface area contributed by atoms with E-state index in [0.29, 0.717) is 0 Å². The molecule has 0 saturated heterocycles. The molecule has 0 aliphatic heterocycles. The predicted molar refractivity (Wildman–Crippen MR) is 48.0 cm³/mol. The molecular formula is C9H6BF3O2. The maximum atomic E-state index is 11.8. The molecular weight excluding hydrogens is 208 g/mol. The Morgan fingerprint density at radius 2 is 1.80 bits per heavy atom. The van der Waals surface area contributed by atoms with Gasteiger partial charge in [0.2, 0.25) is 0 Å². The third kappa shape index (κ3) is 3.65. The second-order valence-corrected chi connectivity index (χ2v) is 2.70.